The van der Waals surface area contributed by atoms with Crippen LogP contribution in [0.1, 0.15) is 0 Å². The van der Waals surface area contributed by atoms with Crippen LogP contribution in [0, 0.1) is 0 Å². The van der Waals surface area contributed by atoms with Crippen molar-refractivity contribution in [3.63, 3.8) is 0 Å². The molecule has 5 heteroatoms. The second-order valence-corrected chi connectivity index (χ2v) is 14.3. The molecular formula is C51H30N4O. The van der Waals surface area contributed by atoms with E-state index >= 15 is 0 Å². The molecular weight excluding hydrogens is 685 g/mol. The second-order valence-electron chi connectivity index (χ2n) is 14.3. The number of rotatable bonds is 4. The van der Waals surface area contributed by atoms with Gasteiger partial charge in [-0.2, -0.15) is 0 Å². The Balaban J connectivity index is 1.29. The van der Waals surface area contributed by atoms with Crippen LogP contribution in [0.5, 0.6) is 0 Å². The van der Waals surface area contributed by atoms with Crippen molar-refractivity contribution in [1.29, 1.82) is 0 Å². The van der Waals surface area contributed by atoms with Crippen LogP contribution in [0.2, 0.25) is 0 Å². The number of hydrogen-bond donors (Lipinski definition) is 0. The highest BCUT2D eigenvalue weighted by Crippen LogP contribution is 2.46. The van der Waals surface area contributed by atoms with Gasteiger partial charge in [-0.25, -0.2) is 15.0 Å². The van der Waals surface area contributed by atoms with E-state index in [1.165, 1.54) is 32.3 Å². The van der Waals surface area contributed by atoms with Crippen LogP contribution in [-0.4, -0.2) is 19.5 Å². The fourth-order valence-electron chi connectivity index (χ4n) is 8.77. The van der Waals surface area contributed by atoms with Crippen molar-refractivity contribution in [2.45, 2.75) is 0 Å². The number of aromatic nitrogens is 4. The first-order valence-electron chi connectivity index (χ1n) is 18.9. The van der Waals surface area contributed by atoms with Gasteiger partial charge in [-0.05, 0) is 63.3 Å². The summed E-state index contributed by atoms with van der Waals surface area (Å²) in [5, 5.41) is 11.6. The average Bonchev–Trinajstić information content (AvgIpc) is 3.82. The lowest BCUT2D eigenvalue weighted by atomic mass is 9.91. The van der Waals surface area contributed by atoms with E-state index in [9.17, 15) is 0 Å². The van der Waals surface area contributed by atoms with E-state index in [0.29, 0.717) is 17.5 Å². The van der Waals surface area contributed by atoms with Gasteiger partial charge in [0, 0.05) is 38.2 Å². The lowest BCUT2D eigenvalue weighted by molar-refractivity contribution is 0.669. The van der Waals surface area contributed by atoms with Crippen LogP contribution >= 0.6 is 0 Å². The molecule has 3 aromatic heterocycles. The quantitative estimate of drug-likeness (QED) is 0.170. The summed E-state index contributed by atoms with van der Waals surface area (Å²) < 4.78 is 8.98. The molecule has 56 heavy (non-hydrogen) atoms. The molecule has 0 atom stereocenters. The number of furan rings is 1. The highest BCUT2D eigenvalue weighted by molar-refractivity contribution is 6.30. The molecule has 0 saturated carbocycles. The number of fused-ring (bicyclic) bond motifs is 13. The monoisotopic (exact) mass is 714 g/mol. The summed E-state index contributed by atoms with van der Waals surface area (Å²) in [6.07, 6.45) is 0. The topological polar surface area (TPSA) is 56.7 Å². The van der Waals surface area contributed by atoms with Gasteiger partial charge in [-0.15, -0.1) is 0 Å². The Morgan fingerprint density at radius 3 is 1.54 bits per heavy atom. The van der Waals surface area contributed by atoms with E-state index in [0.717, 1.165) is 66.1 Å². The van der Waals surface area contributed by atoms with E-state index in [1.807, 2.05) is 42.5 Å². The average molecular weight is 715 g/mol. The van der Waals surface area contributed by atoms with Crippen LogP contribution in [0.4, 0.5) is 0 Å². The standard InChI is InChI=1S/C51H30N4O/c1-3-15-31(16-4-1)49-52-50(32-17-5-2-6-18-32)54-51(53-49)33-29-41-36-21-8-7-19-34(36)35-20-9-10-23-38(35)46(41)43(30-33)55-42-25-13-11-22-37(42)39-27-28-45-47(48(39)55)40-24-12-14-26-44(40)56-45/h1-30H. The molecule has 9 aromatic carbocycles. The zero-order valence-corrected chi connectivity index (χ0v) is 30.0. The van der Waals surface area contributed by atoms with Gasteiger partial charge in [-0.3, -0.25) is 0 Å². The molecule has 0 unspecified atom stereocenters. The lowest BCUT2D eigenvalue weighted by Gasteiger charge is -2.18. The van der Waals surface area contributed by atoms with Crippen molar-refractivity contribution >= 4 is 76.1 Å². The largest absolute Gasteiger partial charge is 0.456 e. The molecule has 5 nitrogen and oxygen atoms in total. The molecule has 0 bridgehead atoms. The Morgan fingerprint density at radius 1 is 0.339 bits per heavy atom. The third-order valence-electron chi connectivity index (χ3n) is 11.2. The molecule has 0 fully saturated rings. The first kappa shape index (κ1) is 30.8. The van der Waals surface area contributed by atoms with E-state index in [1.54, 1.807) is 0 Å². The Hall–Kier alpha value is -7.63. The summed E-state index contributed by atoms with van der Waals surface area (Å²) >= 11 is 0. The molecule has 0 saturated heterocycles. The first-order chi connectivity index (χ1) is 27.8. The summed E-state index contributed by atoms with van der Waals surface area (Å²) in [5.74, 6) is 1.86. The van der Waals surface area contributed by atoms with Crippen molar-refractivity contribution in [1.82, 2.24) is 19.5 Å². The van der Waals surface area contributed by atoms with Crippen LogP contribution in [0.15, 0.2) is 186 Å². The van der Waals surface area contributed by atoms with Gasteiger partial charge in [0.1, 0.15) is 11.2 Å². The van der Waals surface area contributed by atoms with Crippen molar-refractivity contribution in [2.75, 3.05) is 0 Å². The molecule has 3 heterocycles. The Morgan fingerprint density at radius 2 is 0.857 bits per heavy atom. The number of para-hydroxylation sites is 2. The Kier molecular flexibility index (Phi) is 6.56. The van der Waals surface area contributed by atoms with Gasteiger partial charge in [0.25, 0.3) is 0 Å². The van der Waals surface area contributed by atoms with Gasteiger partial charge >= 0.3 is 0 Å². The van der Waals surface area contributed by atoms with Gasteiger partial charge in [0.2, 0.25) is 0 Å². The van der Waals surface area contributed by atoms with E-state index in [4.69, 9.17) is 19.4 Å². The van der Waals surface area contributed by atoms with Crippen LogP contribution in [0.3, 0.4) is 0 Å². The van der Waals surface area contributed by atoms with E-state index in [2.05, 4.69) is 144 Å². The molecule has 0 spiro atoms. The summed E-state index contributed by atoms with van der Waals surface area (Å²) in [7, 11) is 0. The summed E-state index contributed by atoms with van der Waals surface area (Å²) in [4.78, 5) is 15.5. The molecule has 12 rings (SSSR count). The Labute approximate surface area is 320 Å². The summed E-state index contributed by atoms with van der Waals surface area (Å²) in [5.41, 5.74) is 7.76. The Bertz CT molecular complexity index is 3470. The fourth-order valence-corrected chi connectivity index (χ4v) is 8.77. The van der Waals surface area contributed by atoms with Crippen molar-refractivity contribution in [3.05, 3.63) is 182 Å². The maximum absolute atomic E-state index is 6.53. The van der Waals surface area contributed by atoms with E-state index in [-0.39, 0.29) is 0 Å². The lowest BCUT2D eigenvalue weighted by Crippen LogP contribution is -2.02. The van der Waals surface area contributed by atoms with Gasteiger partial charge in [-0.1, -0.05) is 146 Å². The van der Waals surface area contributed by atoms with E-state index < -0.39 is 0 Å². The molecule has 0 N–H and O–H groups in total. The third-order valence-corrected chi connectivity index (χ3v) is 11.2. The fraction of sp³-hybridized carbons (Fsp3) is 0. The predicted molar refractivity (Wildman–Crippen MR) is 230 cm³/mol. The minimum absolute atomic E-state index is 0.609. The van der Waals surface area contributed by atoms with Gasteiger partial charge < -0.3 is 8.98 Å². The smallest absolute Gasteiger partial charge is 0.164 e. The zero-order valence-electron chi connectivity index (χ0n) is 30.0. The maximum Gasteiger partial charge on any atom is 0.164 e. The molecule has 0 aliphatic carbocycles. The third kappa shape index (κ3) is 4.52. The van der Waals surface area contributed by atoms with Gasteiger partial charge in [0.05, 0.1) is 22.1 Å². The van der Waals surface area contributed by atoms with Gasteiger partial charge in [0.15, 0.2) is 17.5 Å². The molecule has 0 radical (unpaired) electrons. The number of benzene rings is 9. The second kappa shape index (κ2) is 11.9. The number of nitrogens with zero attached hydrogens (tertiary/aromatic N) is 4. The number of hydrogen-bond acceptors (Lipinski definition) is 4. The molecule has 0 aliphatic heterocycles. The molecule has 12 aromatic rings. The zero-order chi connectivity index (χ0) is 36.7. The van der Waals surface area contributed by atoms with Crippen LogP contribution in [-0.2, 0) is 0 Å². The predicted octanol–water partition coefficient (Wildman–Crippen LogP) is 13.3. The van der Waals surface area contributed by atoms with Crippen molar-refractivity contribution in [2.24, 2.45) is 0 Å². The highest BCUT2D eigenvalue weighted by atomic mass is 16.3. The van der Waals surface area contributed by atoms with Crippen LogP contribution < -0.4 is 0 Å². The highest BCUT2D eigenvalue weighted by Gasteiger charge is 2.23. The summed E-state index contributed by atoms with van der Waals surface area (Å²) in [6, 6.07) is 63.8. The molecule has 0 aliphatic rings. The SMILES string of the molecule is c1ccc(-c2nc(-c3ccccc3)nc(-c3cc(-n4c5ccccc5c5ccc6oc7ccccc7c6c54)c4c5ccccc5c5ccccc5c4c3)n2)cc1. The summed E-state index contributed by atoms with van der Waals surface area (Å²) in [6.45, 7) is 0. The van der Waals surface area contributed by atoms with Crippen molar-refractivity contribution in [3.8, 4) is 39.9 Å². The minimum Gasteiger partial charge on any atom is -0.456 e. The molecule has 260 valence electrons. The molecule has 0 amide bonds. The van der Waals surface area contributed by atoms with Crippen LogP contribution in [0.25, 0.3) is 116 Å². The normalized spacial score (nSPS) is 11.9. The van der Waals surface area contributed by atoms with Crippen molar-refractivity contribution < 1.29 is 4.42 Å². The minimum atomic E-state index is 0.609. The first-order valence-corrected chi connectivity index (χ1v) is 18.9. The maximum atomic E-state index is 6.53.